The highest BCUT2D eigenvalue weighted by atomic mass is 35.5. The molecule has 2 aromatic heterocycles. The topological polar surface area (TPSA) is 147 Å². The van der Waals surface area contributed by atoms with Crippen molar-refractivity contribution in [3.05, 3.63) is 40.2 Å². The van der Waals surface area contributed by atoms with Gasteiger partial charge in [-0.1, -0.05) is 16.8 Å². The molecule has 1 unspecified atom stereocenters. The standard InChI is InChI=1S/C28H39ClN6O6/c1-6-39-28(37)35-9-10-38-14-19(35)12-31-26-16(2)25(24-17(3)34-41-18(24)4)32-27(33-26)22-11-21(7-8-23(22)29)40-15-20(36)13-30-5/h7-8,11,19-20,28,30,36-37H,6,9-10,12-15H2,1-5H3,(H,31,32,33)/t19-,20-,28?/m1/s1. The fraction of sp³-hybridized carbons (Fsp3) is 0.536. The molecule has 13 heteroatoms. The number of rotatable bonds is 13. The van der Waals surface area contributed by atoms with E-state index in [1.165, 1.54) is 0 Å². The van der Waals surface area contributed by atoms with Crippen LogP contribution >= 0.6 is 11.6 Å². The van der Waals surface area contributed by atoms with Crippen molar-refractivity contribution < 1.29 is 28.9 Å². The molecule has 1 fully saturated rings. The third-order valence-electron chi connectivity index (χ3n) is 6.85. The number of aromatic nitrogens is 3. The lowest BCUT2D eigenvalue weighted by Crippen LogP contribution is -2.54. The van der Waals surface area contributed by atoms with Crippen molar-refractivity contribution >= 4 is 17.4 Å². The number of nitrogens with one attached hydrogen (secondary N) is 2. The van der Waals surface area contributed by atoms with Crippen molar-refractivity contribution in [3.8, 4) is 28.4 Å². The molecule has 0 spiro atoms. The first kappa shape index (κ1) is 31.1. The quantitative estimate of drug-likeness (QED) is 0.217. The number of aliphatic hydroxyl groups excluding tert-OH is 2. The van der Waals surface area contributed by atoms with E-state index in [0.29, 0.717) is 84.6 Å². The van der Waals surface area contributed by atoms with Crippen molar-refractivity contribution in [1.29, 1.82) is 0 Å². The highest BCUT2D eigenvalue weighted by molar-refractivity contribution is 6.33. The van der Waals surface area contributed by atoms with Crippen LogP contribution in [0.5, 0.6) is 5.75 Å². The van der Waals surface area contributed by atoms with Gasteiger partial charge in [-0.05, 0) is 52.9 Å². The zero-order valence-electron chi connectivity index (χ0n) is 24.1. The molecule has 3 heterocycles. The first-order chi connectivity index (χ1) is 19.7. The minimum atomic E-state index is -1.02. The highest BCUT2D eigenvalue weighted by Gasteiger charge is 2.29. The summed E-state index contributed by atoms with van der Waals surface area (Å²) in [5.41, 5.74) is 3.51. The number of ether oxygens (including phenoxy) is 3. The van der Waals surface area contributed by atoms with Gasteiger partial charge in [-0.25, -0.2) is 14.9 Å². The molecule has 41 heavy (non-hydrogen) atoms. The van der Waals surface area contributed by atoms with E-state index in [9.17, 15) is 10.2 Å². The lowest BCUT2D eigenvalue weighted by atomic mass is 10.0. The second-order valence-corrected chi connectivity index (χ2v) is 10.3. The Morgan fingerprint density at radius 1 is 1.22 bits per heavy atom. The molecule has 3 aromatic rings. The van der Waals surface area contributed by atoms with Gasteiger partial charge in [0.05, 0.1) is 41.2 Å². The fourth-order valence-electron chi connectivity index (χ4n) is 4.72. The number of halogens is 1. The van der Waals surface area contributed by atoms with Crippen LogP contribution in [-0.2, 0) is 9.47 Å². The monoisotopic (exact) mass is 590 g/mol. The normalized spacial score (nSPS) is 17.4. The number of hydrogen-bond donors (Lipinski definition) is 4. The highest BCUT2D eigenvalue weighted by Crippen LogP contribution is 2.36. The Morgan fingerprint density at radius 3 is 2.73 bits per heavy atom. The van der Waals surface area contributed by atoms with Crippen molar-refractivity contribution in [2.24, 2.45) is 0 Å². The maximum Gasteiger partial charge on any atom is 0.216 e. The zero-order valence-corrected chi connectivity index (χ0v) is 24.9. The van der Waals surface area contributed by atoms with Gasteiger partial charge in [-0.2, -0.15) is 0 Å². The van der Waals surface area contributed by atoms with E-state index in [1.807, 2.05) is 32.6 Å². The number of morpholine rings is 1. The largest absolute Gasteiger partial charge is 0.491 e. The second-order valence-electron chi connectivity index (χ2n) is 9.86. The fourth-order valence-corrected chi connectivity index (χ4v) is 4.92. The summed E-state index contributed by atoms with van der Waals surface area (Å²) in [5.74, 6) is 2.13. The molecule has 1 aromatic carbocycles. The van der Waals surface area contributed by atoms with E-state index in [1.54, 1.807) is 25.2 Å². The van der Waals surface area contributed by atoms with Gasteiger partial charge in [-0.15, -0.1) is 0 Å². The number of nitrogens with zero attached hydrogens (tertiary/aromatic N) is 4. The van der Waals surface area contributed by atoms with Crippen LogP contribution in [0.3, 0.4) is 0 Å². The first-order valence-corrected chi connectivity index (χ1v) is 14.1. The van der Waals surface area contributed by atoms with Gasteiger partial charge in [0, 0.05) is 37.4 Å². The van der Waals surface area contributed by atoms with Crippen molar-refractivity contribution in [2.75, 3.05) is 58.4 Å². The predicted molar refractivity (Wildman–Crippen MR) is 155 cm³/mol. The molecule has 0 aliphatic carbocycles. The summed E-state index contributed by atoms with van der Waals surface area (Å²) >= 11 is 6.65. The number of aryl methyl sites for hydroxylation is 2. The first-order valence-electron chi connectivity index (χ1n) is 13.7. The van der Waals surface area contributed by atoms with Crippen LogP contribution in [0.4, 0.5) is 5.82 Å². The van der Waals surface area contributed by atoms with Crippen LogP contribution in [0.1, 0.15) is 23.9 Å². The SMILES string of the molecule is CCOC(O)N1CCOC[C@H]1CNc1nc(-c2cc(OC[C@H](O)CNC)ccc2Cl)nc(-c2c(C)noc2C)c1C. The summed E-state index contributed by atoms with van der Waals surface area (Å²) in [7, 11) is 1.76. The van der Waals surface area contributed by atoms with Crippen LogP contribution in [-0.4, -0.2) is 102 Å². The summed E-state index contributed by atoms with van der Waals surface area (Å²) in [5, 5.41) is 31.5. The van der Waals surface area contributed by atoms with E-state index in [0.717, 1.165) is 11.1 Å². The van der Waals surface area contributed by atoms with Crippen molar-refractivity contribution in [2.45, 2.75) is 46.3 Å². The maximum absolute atomic E-state index is 10.5. The number of anilines is 1. The number of likely N-dealkylation sites (N-methyl/N-ethyl adjacent to an activating group) is 1. The third-order valence-corrected chi connectivity index (χ3v) is 7.18. The molecule has 4 N–H and O–H groups in total. The van der Waals surface area contributed by atoms with E-state index in [2.05, 4.69) is 15.8 Å². The molecule has 4 rings (SSSR count). The lowest BCUT2D eigenvalue weighted by Gasteiger charge is -2.38. The minimum absolute atomic E-state index is 0.112. The van der Waals surface area contributed by atoms with Gasteiger partial charge < -0.3 is 39.6 Å². The minimum Gasteiger partial charge on any atom is -0.491 e. The summed E-state index contributed by atoms with van der Waals surface area (Å²) in [6, 6.07) is 5.06. The Balaban J connectivity index is 1.70. The molecule has 12 nitrogen and oxygen atoms in total. The van der Waals surface area contributed by atoms with Crippen LogP contribution < -0.4 is 15.4 Å². The average Bonchev–Trinajstić information content (AvgIpc) is 3.29. The summed E-state index contributed by atoms with van der Waals surface area (Å²) in [4.78, 5) is 11.6. The van der Waals surface area contributed by atoms with Crippen LogP contribution in [0.25, 0.3) is 22.6 Å². The van der Waals surface area contributed by atoms with Gasteiger partial charge >= 0.3 is 0 Å². The molecule has 0 radical (unpaired) electrons. The van der Waals surface area contributed by atoms with Crippen LogP contribution in [0, 0.1) is 20.8 Å². The molecule has 0 bridgehead atoms. The Hall–Kier alpha value is -2.84. The van der Waals surface area contributed by atoms with Crippen LogP contribution in [0.2, 0.25) is 5.02 Å². The summed E-state index contributed by atoms with van der Waals surface area (Å²) in [6.45, 7) is 10.3. The molecule has 1 aliphatic rings. The van der Waals surface area contributed by atoms with Crippen molar-refractivity contribution in [1.82, 2.24) is 25.3 Å². The third kappa shape index (κ3) is 7.52. The second kappa shape index (κ2) is 14.4. The smallest absolute Gasteiger partial charge is 0.216 e. The molecular weight excluding hydrogens is 552 g/mol. The molecule has 3 atom stereocenters. The van der Waals surface area contributed by atoms with Crippen LogP contribution in [0.15, 0.2) is 22.7 Å². The molecule has 224 valence electrons. The number of benzene rings is 1. The predicted octanol–water partition coefficient (Wildman–Crippen LogP) is 2.76. The molecule has 1 aliphatic heterocycles. The Morgan fingerprint density at radius 2 is 2.02 bits per heavy atom. The van der Waals surface area contributed by atoms with E-state index in [4.69, 9.17) is 40.3 Å². The zero-order chi connectivity index (χ0) is 29.5. The van der Waals surface area contributed by atoms with Gasteiger partial charge in [0.25, 0.3) is 0 Å². The van der Waals surface area contributed by atoms with Gasteiger partial charge in [-0.3, -0.25) is 0 Å². The molecule has 0 amide bonds. The van der Waals surface area contributed by atoms with E-state index < -0.39 is 12.5 Å². The Labute approximate surface area is 245 Å². The lowest BCUT2D eigenvalue weighted by molar-refractivity contribution is -0.221. The number of hydrogen-bond acceptors (Lipinski definition) is 12. The van der Waals surface area contributed by atoms with Gasteiger partial charge in [0.2, 0.25) is 6.41 Å². The summed E-state index contributed by atoms with van der Waals surface area (Å²) < 4.78 is 22.4. The van der Waals surface area contributed by atoms with E-state index in [-0.39, 0.29) is 12.6 Å². The molecule has 0 saturated carbocycles. The molecule has 1 saturated heterocycles. The average molecular weight is 591 g/mol. The Bertz CT molecular complexity index is 1290. The molecular formula is C28H39ClN6O6. The van der Waals surface area contributed by atoms with Gasteiger partial charge in [0.15, 0.2) is 5.82 Å². The summed E-state index contributed by atoms with van der Waals surface area (Å²) in [6.07, 6.45) is -1.69. The Kier molecular flexibility index (Phi) is 10.9. The maximum atomic E-state index is 10.5. The van der Waals surface area contributed by atoms with Crippen molar-refractivity contribution in [3.63, 3.8) is 0 Å². The number of aliphatic hydroxyl groups is 2. The van der Waals surface area contributed by atoms with Gasteiger partial charge in [0.1, 0.15) is 30.0 Å². The van der Waals surface area contributed by atoms with E-state index >= 15 is 0 Å².